The molecular formula is C18H19N5O2S. The first-order chi connectivity index (χ1) is 12.7. The van der Waals surface area contributed by atoms with Crippen LogP contribution in [0, 0.1) is 5.92 Å². The van der Waals surface area contributed by atoms with Crippen LogP contribution < -0.4 is 10.9 Å². The molecule has 0 spiro atoms. The van der Waals surface area contributed by atoms with Crippen LogP contribution in [0.2, 0.25) is 0 Å². The smallest absolute Gasteiger partial charge is 0.275 e. The first-order valence-electron chi connectivity index (χ1n) is 8.64. The Hall–Kier alpha value is -2.74. The Labute approximate surface area is 154 Å². The zero-order valence-electron chi connectivity index (χ0n) is 14.2. The Bertz CT molecular complexity index is 960. The second-order valence-corrected chi connectivity index (χ2v) is 7.32. The Balaban J connectivity index is 1.31. The molecule has 1 saturated heterocycles. The lowest BCUT2D eigenvalue weighted by molar-refractivity contribution is 0.0695. The van der Waals surface area contributed by atoms with E-state index < -0.39 is 0 Å². The maximum Gasteiger partial charge on any atom is 0.275 e. The maximum atomic E-state index is 12.5. The van der Waals surface area contributed by atoms with Crippen LogP contribution in [-0.2, 0) is 0 Å². The minimum atomic E-state index is -0.174. The van der Waals surface area contributed by atoms with Gasteiger partial charge in [-0.3, -0.25) is 9.59 Å². The van der Waals surface area contributed by atoms with E-state index in [2.05, 4.69) is 15.4 Å². The number of carbonyl (C=O) groups is 1. The van der Waals surface area contributed by atoms with Gasteiger partial charge in [0.2, 0.25) is 10.1 Å². The summed E-state index contributed by atoms with van der Waals surface area (Å²) in [6.07, 6.45) is 3.41. The van der Waals surface area contributed by atoms with Gasteiger partial charge in [-0.1, -0.05) is 29.5 Å². The van der Waals surface area contributed by atoms with Crippen molar-refractivity contribution in [3.63, 3.8) is 0 Å². The molecule has 2 aromatic heterocycles. The number of likely N-dealkylation sites (tertiary alicyclic amines) is 1. The van der Waals surface area contributed by atoms with Crippen molar-refractivity contribution in [3.05, 3.63) is 58.5 Å². The van der Waals surface area contributed by atoms with Crippen molar-refractivity contribution in [2.45, 2.75) is 12.8 Å². The van der Waals surface area contributed by atoms with Gasteiger partial charge in [0.25, 0.3) is 11.5 Å². The quantitative estimate of drug-likeness (QED) is 0.762. The number of anilines is 1. The van der Waals surface area contributed by atoms with Crippen LogP contribution in [0.1, 0.15) is 23.2 Å². The number of amides is 1. The summed E-state index contributed by atoms with van der Waals surface area (Å²) in [7, 11) is 0. The summed E-state index contributed by atoms with van der Waals surface area (Å²) in [5, 5.41) is 8.27. The topological polar surface area (TPSA) is 79.6 Å². The third-order valence-corrected chi connectivity index (χ3v) is 5.52. The molecule has 0 radical (unpaired) electrons. The van der Waals surface area contributed by atoms with Gasteiger partial charge < -0.3 is 10.2 Å². The Kier molecular flexibility index (Phi) is 4.66. The van der Waals surface area contributed by atoms with Crippen molar-refractivity contribution in [1.29, 1.82) is 0 Å². The molecule has 1 amide bonds. The summed E-state index contributed by atoms with van der Waals surface area (Å²) >= 11 is 1.37. The number of nitrogens with zero attached hydrogens (tertiary/aromatic N) is 4. The van der Waals surface area contributed by atoms with Crippen molar-refractivity contribution in [3.8, 4) is 0 Å². The molecule has 1 aliphatic rings. The van der Waals surface area contributed by atoms with E-state index in [1.54, 1.807) is 0 Å². The van der Waals surface area contributed by atoms with Crippen LogP contribution in [-0.4, -0.2) is 45.0 Å². The SMILES string of the molecule is O=C(c1ccccc1)N1CCC(CNc2nn3c(=O)ccnc3s2)CC1. The molecule has 134 valence electrons. The van der Waals surface area contributed by atoms with E-state index in [4.69, 9.17) is 0 Å². The molecule has 3 heterocycles. The van der Waals surface area contributed by atoms with Crippen LogP contribution >= 0.6 is 11.3 Å². The van der Waals surface area contributed by atoms with E-state index in [0.717, 1.165) is 38.0 Å². The van der Waals surface area contributed by atoms with E-state index in [-0.39, 0.29) is 11.5 Å². The number of benzene rings is 1. The average Bonchev–Trinajstić information content (AvgIpc) is 3.11. The summed E-state index contributed by atoms with van der Waals surface area (Å²) in [6, 6.07) is 10.8. The largest absolute Gasteiger partial charge is 0.360 e. The number of rotatable bonds is 4. The third kappa shape index (κ3) is 3.45. The van der Waals surface area contributed by atoms with Crippen molar-refractivity contribution < 1.29 is 4.79 Å². The molecule has 1 N–H and O–H groups in total. The number of piperidine rings is 1. The number of fused-ring (bicyclic) bond motifs is 1. The lowest BCUT2D eigenvalue weighted by Crippen LogP contribution is -2.39. The van der Waals surface area contributed by atoms with E-state index >= 15 is 0 Å². The first-order valence-corrected chi connectivity index (χ1v) is 9.45. The van der Waals surface area contributed by atoms with Crippen molar-refractivity contribution in [2.24, 2.45) is 5.92 Å². The van der Waals surface area contributed by atoms with Crippen molar-refractivity contribution >= 4 is 27.3 Å². The molecule has 7 nitrogen and oxygen atoms in total. The van der Waals surface area contributed by atoms with E-state index in [9.17, 15) is 9.59 Å². The number of hydrogen-bond acceptors (Lipinski definition) is 6. The second kappa shape index (κ2) is 7.25. The van der Waals surface area contributed by atoms with Gasteiger partial charge in [-0.15, -0.1) is 5.10 Å². The normalized spacial score (nSPS) is 15.3. The van der Waals surface area contributed by atoms with Gasteiger partial charge in [0.05, 0.1) is 0 Å². The highest BCUT2D eigenvalue weighted by Gasteiger charge is 2.23. The lowest BCUT2D eigenvalue weighted by atomic mass is 9.96. The summed E-state index contributed by atoms with van der Waals surface area (Å²) in [5.41, 5.74) is 0.573. The maximum absolute atomic E-state index is 12.5. The first kappa shape index (κ1) is 16.7. The molecule has 1 aromatic carbocycles. The molecular weight excluding hydrogens is 350 g/mol. The molecule has 0 bridgehead atoms. The van der Waals surface area contributed by atoms with Gasteiger partial charge in [0, 0.05) is 37.5 Å². The predicted octanol–water partition coefficient (Wildman–Crippen LogP) is 2.12. The van der Waals surface area contributed by atoms with Gasteiger partial charge in [-0.2, -0.15) is 4.52 Å². The molecule has 1 fully saturated rings. The Morgan fingerprint density at radius 1 is 1.19 bits per heavy atom. The fourth-order valence-electron chi connectivity index (χ4n) is 3.15. The summed E-state index contributed by atoms with van der Waals surface area (Å²) in [5.74, 6) is 0.583. The van der Waals surface area contributed by atoms with Crippen LogP contribution in [0.5, 0.6) is 0 Å². The van der Waals surface area contributed by atoms with Gasteiger partial charge in [-0.25, -0.2) is 4.98 Å². The van der Waals surface area contributed by atoms with Crippen LogP contribution in [0.25, 0.3) is 4.96 Å². The highest BCUT2D eigenvalue weighted by atomic mass is 32.1. The minimum absolute atomic E-state index is 0.105. The Morgan fingerprint density at radius 2 is 1.96 bits per heavy atom. The number of nitrogens with one attached hydrogen (secondary N) is 1. The number of aromatic nitrogens is 3. The highest BCUT2D eigenvalue weighted by Crippen LogP contribution is 2.21. The highest BCUT2D eigenvalue weighted by molar-refractivity contribution is 7.20. The molecule has 0 aliphatic carbocycles. The van der Waals surface area contributed by atoms with Crippen LogP contribution in [0.15, 0.2) is 47.4 Å². The number of hydrogen-bond donors (Lipinski definition) is 1. The van der Waals surface area contributed by atoms with Crippen molar-refractivity contribution in [2.75, 3.05) is 25.0 Å². The lowest BCUT2D eigenvalue weighted by Gasteiger charge is -2.32. The van der Waals surface area contributed by atoms with Crippen LogP contribution in [0.4, 0.5) is 5.13 Å². The molecule has 0 atom stereocenters. The molecule has 8 heteroatoms. The van der Waals surface area contributed by atoms with Gasteiger partial charge in [0.15, 0.2) is 0 Å². The standard InChI is InChI=1S/C18H19N5O2S/c24-15-6-9-19-18-23(15)21-17(26-18)20-12-13-7-10-22(11-8-13)16(25)14-4-2-1-3-5-14/h1-6,9,13H,7-8,10-12H2,(H,20,21). The van der Waals surface area contributed by atoms with Gasteiger partial charge in [0.1, 0.15) is 0 Å². The fourth-order valence-corrected chi connectivity index (χ4v) is 3.93. The molecule has 1 aliphatic heterocycles. The van der Waals surface area contributed by atoms with E-state index in [1.165, 1.54) is 28.1 Å². The summed E-state index contributed by atoms with van der Waals surface area (Å²) < 4.78 is 1.31. The molecule has 0 saturated carbocycles. The molecule has 3 aromatic rings. The Morgan fingerprint density at radius 3 is 2.69 bits per heavy atom. The van der Waals surface area contributed by atoms with Gasteiger partial charge in [-0.05, 0) is 30.9 Å². The average molecular weight is 369 g/mol. The zero-order chi connectivity index (χ0) is 17.9. The van der Waals surface area contributed by atoms with Crippen LogP contribution in [0.3, 0.4) is 0 Å². The van der Waals surface area contributed by atoms with Gasteiger partial charge >= 0.3 is 0 Å². The third-order valence-electron chi connectivity index (χ3n) is 4.64. The zero-order valence-corrected chi connectivity index (χ0v) is 15.0. The minimum Gasteiger partial charge on any atom is -0.360 e. The van der Waals surface area contributed by atoms with E-state index in [0.29, 0.717) is 16.0 Å². The monoisotopic (exact) mass is 369 g/mol. The predicted molar refractivity (Wildman–Crippen MR) is 101 cm³/mol. The van der Waals surface area contributed by atoms with E-state index in [1.807, 2.05) is 35.2 Å². The summed E-state index contributed by atoms with van der Waals surface area (Å²) in [6.45, 7) is 2.31. The molecule has 26 heavy (non-hydrogen) atoms. The molecule has 0 unspecified atom stereocenters. The summed E-state index contributed by atoms with van der Waals surface area (Å²) in [4.78, 5) is 30.9. The number of carbonyl (C=O) groups excluding carboxylic acids is 1. The fraction of sp³-hybridized carbons (Fsp3) is 0.333. The molecule has 4 rings (SSSR count). The second-order valence-electron chi connectivity index (χ2n) is 6.37. The van der Waals surface area contributed by atoms with Crippen molar-refractivity contribution in [1.82, 2.24) is 19.5 Å².